The largest absolute Gasteiger partial charge is 0.348 e. The number of allylic oxidation sites excluding steroid dienone is 7. The molecule has 0 fully saturated rings. The van der Waals surface area contributed by atoms with Gasteiger partial charge in [0.2, 0.25) is 0 Å². The second-order valence-electron chi connectivity index (χ2n) is 4.72. The van der Waals surface area contributed by atoms with Crippen LogP contribution in [0.25, 0.3) is 5.57 Å². The number of para-hydroxylation sites is 1. The SMILES string of the molecule is CC1=CC=CC(=CC=C2C=Nc3ccccc32)N1C. The monoisotopic (exact) mass is 248 g/mol. The molecule has 2 nitrogen and oxygen atoms in total. The van der Waals surface area contributed by atoms with Gasteiger partial charge in [-0.05, 0) is 31.2 Å². The van der Waals surface area contributed by atoms with Crippen molar-refractivity contribution in [2.45, 2.75) is 6.92 Å². The number of rotatable bonds is 1. The van der Waals surface area contributed by atoms with Crippen molar-refractivity contribution in [3.63, 3.8) is 0 Å². The molecule has 0 radical (unpaired) electrons. The van der Waals surface area contributed by atoms with E-state index in [4.69, 9.17) is 0 Å². The van der Waals surface area contributed by atoms with E-state index in [9.17, 15) is 0 Å². The minimum absolute atomic E-state index is 1.05. The van der Waals surface area contributed by atoms with Gasteiger partial charge in [-0.3, -0.25) is 4.99 Å². The summed E-state index contributed by atoms with van der Waals surface area (Å²) < 4.78 is 0. The van der Waals surface area contributed by atoms with Crippen LogP contribution < -0.4 is 0 Å². The molecule has 2 aliphatic heterocycles. The first-order chi connectivity index (χ1) is 9.25. The molecule has 0 N–H and O–H groups in total. The lowest BCUT2D eigenvalue weighted by molar-refractivity contribution is 0.533. The van der Waals surface area contributed by atoms with Crippen LogP contribution >= 0.6 is 0 Å². The Morgan fingerprint density at radius 1 is 1.16 bits per heavy atom. The van der Waals surface area contributed by atoms with Gasteiger partial charge in [-0.15, -0.1) is 0 Å². The highest BCUT2D eigenvalue weighted by Gasteiger charge is 2.10. The zero-order chi connectivity index (χ0) is 13.2. The van der Waals surface area contributed by atoms with Gasteiger partial charge in [0.05, 0.1) is 5.69 Å². The standard InChI is InChI=1S/C17H16N2/c1-13-6-5-7-15(19(13)2)11-10-14-12-18-17-9-4-3-8-16(14)17/h3-12H,1-2H3. The van der Waals surface area contributed by atoms with Gasteiger partial charge in [-0.1, -0.05) is 30.4 Å². The average molecular weight is 248 g/mol. The topological polar surface area (TPSA) is 15.6 Å². The number of likely N-dealkylation sites (N-methyl/N-ethyl adjacent to an activating group) is 1. The van der Waals surface area contributed by atoms with Crippen LogP contribution in [0.4, 0.5) is 5.69 Å². The van der Waals surface area contributed by atoms with E-state index >= 15 is 0 Å². The molecule has 2 aliphatic rings. The van der Waals surface area contributed by atoms with Gasteiger partial charge in [0, 0.05) is 35.8 Å². The molecule has 3 rings (SSSR count). The van der Waals surface area contributed by atoms with Crippen LogP contribution in [0.3, 0.4) is 0 Å². The van der Waals surface area contributed by atoms with Crippen LogP contribution in [0, 0.1) is 0 Å². The van der Waals surface area contributed by atoms with Crippen molar-refractivity contribution in [2.24, 2.45) is 4.99 Å². The maximum Gasteiger partial charge on any atom is 0.0708 e. The molecule has 1 aromatic carbocycles. The van der Waals surface area contributed by atoms with E-state index in [-0.39, 0.29) is 0 Å². The van der Waals surface area contributed by atoms with Gasteiger partial charge in [-0.25, -0.2) is 0 Å². The van der Waals surface area contributed by atoms with Crippen LogP contribution in [-0.2, 0) is 0 Å². The van der Waals surface area contributed by atoms with E-state index in [0.29, 0.717) is 0 Å². The van der Waals surface area contributed by atoms with E-state index in [0.717, 1.165) is 11.3 Å². The summed E-state index contributed by atoms with van der Waals surface area (Å²) in [6.45, 7) is 2.11. The first-order valence-corrected chi connectivity index (χ1v) is 6.40. The zero-order valence-corrected chi connectivity index (χ0v) is 11.2. The summed E-state index contributed by atoms with van der Waals surface area (Å²) in [6, 6.07) is 8.22. The fraction of sp³-hybridized carbons (Fsp3) is 0.118. The minimum Gasteiger partial charge on any atom is -0.348 e. The van der Waals surface area contributed by atoms with Gasteiger partial charge in [-0.2, -0.15) is 0 Å². The molecule has 1 aromatic rings. The number of hydrogen-bond donors (Lipinski definition) is 0. The number of hydrogen-bond acceptors (Lipinski definition) is 2. The Balaban J connectivity index is 1.91. The molecule has 0 amide bonds. The maximum absolute atomic E-state index is 4.41. The lowest BCUT2D eigenvalue weighted by atomic mass is 10.1. The summed E-state index contributed by atoms with van der Waals surface area (Å²) >= 11 is 0. The molecule has 94 valence electrons. The van der Waals surface area contributed by atoms with Crippen molar-refractivity contribution in [1.82, 2.24) is 4.90 Å². The number of fused-ring (bicyclic) bond motifs is 1. The number of aliphatic imine (C=N–C) groups is 1. The first-order valence-electron chi connectivity index (χ1n) is 6.40. The zero-order valence-electron chi connectivity index (χ0n) is 11.2. The molecule has 19 heavy (non-hydrogen) atoms. The van der Waals surface area contributed by atoms with Crippen molar-refractivity contribution >= 4 is 17.5 Å². The van der Waals surface area contributed by atoms with Crippen LogP contribution in [0.2, 0.25) is 0 Å². The second kappa shape index (κ2) is 4.73. The normalized spacial score (nSPS) is 21.2. The molecule has 2 heterocycles. The molecule has 2 heteroatoms. The lowest BCUT2D eigenvalue weighted by Crippen LogP contribution is -2.15. The molecule has 0 saturated heterocycles. The first kappa shape index (κ1) is 11.7. The Labute approximate surface area is 113 Å². The molecule has 0 saturated carbocycles. The Bertz CT molecular complexity index is 658. The van der Waals surface area contributed by atoms with Gasteiger partial charge in [0.15, 0.2) is 0 Å². The Morgan fingerprint density at radius 3 is 2.89 bits per heavy atom. The third kappa shape index (κ3) is 2.17. The fourth-order valence-electron chi connectivity index (χ4n) is 2.23. The minimum atomic E-state index is 1.05. The summed E-state index contributed by atoms with van der Waals surface area (Å²) in [7, 11) is 2.08. The van der Waals surface area contributed by atoms with E-state index in [2.05, 4.69) is 60.3 Å². The highest BCUT2D eigenvalue weighted by molar-refractivity contribution is 6.16. The Kier molecular flexibility index (Phi) is 2.92. The summed E-state index contributed by atoms with van der Waals surface area (Å²) in [5.41, 5.74) is 5.85. The molecule has 0 bridgehead atoms. The number of nitrogens with zero attached hydrogens (tertiary/aromatic N) is 2. The van der Waals surface area contributed by atoms with Crippen LogP contribution in [-0.4, -0.2) is 18.2 Å². The van der Waals surface area contributed by atoms with E-state index in [1.165, 1.54) is 17.0 Å². The second-order valence-corrected chi connectivity index (χ2v) is 4.72. The van der Waals surface area contributed by atoms with Gasteiger partial charge in [0.25, 0.3) is 0 Å². The number of benzene rings is 1. The smallest absolute Gasteiger partial charge is 0.0708 e. The summed E-state index contributed by atoms with van der Waals surface area (Å²) in [5, 5.41) is 0. The summed E-state index contributed by atoms with van der Waals surface area (Å²) in [4.78, 5) is 6.59. The lowest BCUT2D eigenvalue weighted by Gasteiger charge is -2.23. The van der Waals surface area contributed by atoms with Crippen molar-refractivity contribution in [3.8, 4) is 0 Å². The molecule has 0 aliphatic carbocycles. The maximum atomic E-state index is 4.41. The van der Waals surface area contributed by atoms with Gasteiger partial charge in [0.1, 0.15) is 0 Å². The van der Waals surface area contributed by atoms with E-state index in [1.54, 1.807) is 0 Å². The van der Waals surface area contributed by atoms with Crippen molar-refractivity contribution in [3.05, 3.63) is 71.6 Å². The highest BCUT2D eigenvalue weighted by Crippen LogP contribution is 2.31. The molecule has 0 spiro atoms. The third-order valence-corrected chi connectivity index (χ3v) is 3.51. The molecule has 0 unspecified atom stereocenters. The Morgan fingerprint density at radius 2 is 2.00 bits per heavy atom. The van der Waals surface area contributed by atoms with Crippen molar-refractivity contribution in [1.29, 1.82) is 0 Å². The molecule has 0 atom stereocenters. The highest BCUT2D eigenvalue weighted by atomic mass is 15.1. The third-order valence-electron chi connectivity index (χ3n) is 3.51. The average Bonchev–Trinajstić information content (AvgIpc) is 2.84. The molecule has 0 aromatic heterocycles. The summed E-state index contributed by atoms with van der Waals surface area (Å²) in [6.07, 6.45) is 12.5. The predicted octanol–water partition coefficient (Wildman–Crippen LogP) is 4.08. The Hall–Kier alpha value is -2.35. The summed E-state index contributed by atoms with van der Waals surface area (Å²) in [5.74, 6) is 0. The molecular formula is C17H16N2. The molecular weight excluding hydrogens is 232 g/mol. The van der Waals surface area contributed by atoms with E-state index < -0.39 is 0 Å². The predicted molar refractivity (Wildman–Crippen MR) is 81.3 cm³/mol. The van der Waals surface area contributed by atoms with Gasteiger partial charge >= 0.3 is 0 Å². The quantitative estimate of drug-likeness (QED) is 0.731. The fourth-order valence-corrected chi connectivity index (χ4v) is 2.23. The van der Waals surface area contributed by atoms with Crippen molar-refractivity contribution < 1.29 is 0 Å². The van der Waals surface area contributed by atoms with Crippen LogP contribution in [0.1, 0.15) is 12.5 Å². The van der Waals surface area contributed by atoms with Crippen LogP contribution in [0.5, 0.6) is 0 Å². The van der Waals surface area contributed by atoms with Gasteiger partial charge < -0.3 is 4.90 Å². The van der Waals surface area contributed by atoms with E-state index in [1.807, 2.05) is 24.4 Å². The van der Waals surface area contributed by atoms with Crippen LogP contribution in [0.15, 0.2) is 71.0 Å². The van der Waals surface area contributed by atoms with Crippen molar-refractivity contribution in [2.75, 3.05) is 7.05 Å².